The maximum Gasteiger partial charge on any atom is 0.328 e. The van der Waals surface area contributed by atoms with Crippen LogP contribution in [-0.4, -0.2) is 25.0 Å². The molecule has 74 valence electrons. The van der Waals surface area contributed by atoms with Crippen molar-refractivity contribution in [1.29, 1.82) is 0 Å². The van der Waals surface area contributed by atoms with E-state index in [2.05, 4.69) is 10.1 Å². The van der Waals surface area contributed by atoms with Gasteiger partial charge in [0, 0.05) is 6.92 Å². The van der Waals surface area contributed by atoms with Gasteiger partial charge in [0.1, 0.15) is 6.04 Å². The summed E-state index contributed by atoms with van der Waals surface area (Å²) in [5, 5.41) is 2.50. The highest BCUT2D eigenvalue weighted by atomic mass is 16.5. The Labute approximate surface area is 78.0 Å². The summed E-state index contributed by atoms with van der Waals surface area (Å²) in [4.78, 5) is 21.8. The highest BCUT2D eigenvalue weighted by Gasteiger charge is 2.17. The standard InChI is InChI=1S/C9H15NO3/c1-4-5-6-8(9(12)13-3)10-7(2)11/h4-5,8H,6H2,1-3H3,(H,10,11)/b5-4-/t8-/m0/s1. The van der Waals surface area contributed by atoms with Gasteiger partial charge in [-0.3, -0.25) is 4.79 Å². The molecule has 0 heterocycles. The number of nitrogens with one attached hydrogen (secondary N) is 1. The van der Waals surface area contributed by atoms with Crippen LogP contribution >= 0.6 is 0 Å². The number of hydrogen-bond donors (Lipinski definition) is 1. The zero-order valence-corrected chi connectivity index (χ0v) is 8.16. The molecule has 13 heavy (non-hydrogen) atoms. The lowest BCUT2D eigenvalue weighted by atomic mass is 10.2. The predicted molar refractivity (Wildman–Crippen MR) is 49.1 cm³/mol. The van der Waals surface area contributed by atoms with E-state index in [9.17, 15) is 9.59 Å². The first-order chi connectivity index (χ1) is 6.11. The van der Waals surface area contributed by atoms with Gasteiger partial charge in [0.25, 0.3) is 0 Å². The number of allylic oxidation sites excluding steroid dienone is 1. The molecule has 0 radical (unpaired) electrons. The molecule has 0 aromatic carbocycles. The van der Waals surface area contributed by atoms with E-state index < -0.39 is 12.0 Å². The van der Waals surface area contributed by atoms with Crippen molar-refractivity contribution in [2.45, 2.75) is 26.3 Å². The summed E-state index contributed by atoms with van der Waals surface area (Å²) in [6, 6.07) is -0.571. The van der Waals surface area contributed by atoms with Gasteiger partial charge >= 0.3 is 5.97 Å². The fraction of sp³-hybridized carbons (Fsp3) is 0.556. The minimum absolute atomic E-state index is 0.236. The van der Waals surface area contributed by atoms with Crippen LogP contribution in [-0.2, 0) is 14.3 Å². The molecule has 0 aliphatic carbocycles. The first-order valence-corrected chi connectivity index (χ1v) is 4.08. The molecular formula is C9H15NO3. The van der Waals surface area contributed by atoms with Crippen LogP contribution < -0.4 is 5.32 Å². The van der Waals surface area contributed by atoms with Crippen molar-refractivity contribution in [2.75, 3.05) is 7.11 Å². The van der Waals surface area contributed by atoms with Crippen LogP contribution in [0.1, 0.15) is 20.3 Å². The van der Waals surface area contributed by atoms with E-state index in [0.29, 0.717) is 6.42 Å². The maximum absolute atomic E-state index is 11.1. The summed E-state index contributed by atoms with van der Waals surface area (Å²) in [6.07, 6.45) is 4.08. The Balaban J connectivity index is 4.18. The lowest BCUT2D eigenvalue weighted by molar-refractivity contribution is -0.144. The second kappa shape index (κ2) is 6.22. The molecule has 1 amide bonds. The zero-order valence-electron chi connectivity index (χ0n) is 8.16. The highest BCUT2D eigenvalue weighted by molar-refractivity contribution is 5.83. The summed E-state index contributed by atoms with van der Waals surface area (Å²) < 4.78 is 4.52. The Morgan fingerprint density at radius 3 is 2.54 bits per heavy atom. The lowest BCUT2D eigenvalue weighted by Crippen LogP contribution is -2.39. The van der Waals surface area contributed by atoms with Gasteiger partial charge in [-0.25, -0.2) is 4.79 Å². The monoisotopic (exact) mass is 185 g/mol. The van der Waals surface area contributed by atoms with Gasteiger partial charge in [-0.15, -0.1) is 0 Å². The van der Waals surface area contributed by atoms with Crippen molar-refractivity contribution >= 4 is 11.9 Å². The molecule has 0 unspecified atom stereocenters. The smallest absolute Gasteiger partial charge is 0.328 e. The van der Waals surface area contributed by atoms with Gasteiger partial charge < -0.3 is 10.1 Å². The molecule has 0 aromatic rings. The van der Waals surface area contributed by atoms with E-state index in [0.717, 1.165) is 0 Å². The van der Waals surface area contributed by atoms with Crippen molar-refractivity contribution in [3.63, 3.8) is 0 Å². The molecule has 1 atom stereocenters. The fourth-order valence-corrected chi connectivity index (χ4v) is 0.874. The zero-order chi connectivity index (χ0) is 10.3. The topological polar surface area (TPSA) is 55.4 Å². The van der Waals surface area contributed by atoms with Crippen LogP contribution in [0.4, 0.5) is 0 Å². The minimum atomic E-state index is -0.571. The quantitative estimate of drug-likeness (QED) is 0.516. The number of hydrogen-bond acceptors (Lipinski definition) is 3. The average Bonchev–Trinajstić information content (AvgIpc) is 2.10. The van der Waals surface area contributed by atoms with E-state index in [1.807, 2.05) is 13.0 Å². The molecule has 0 fully saturated rings. The van der Waals surface area contributed by atoms with Crippen LogP contribution in [0.2, 0.25) is 0 Å². The van der Waals surface area contributed by atoms with Gasteiger partial charge in [0.2, 0.25) is 5.91 Å². The van der Waals surface area contributed by atoms with Crippen LogP contribution in [0.3, 0.4) is 0 Å². The molecule has 4 nitrogen and oxygen atoms in total. The van der Waals surface area contributed by atoms with E-state index in [1.165, 1.54) is 14.0 Å². The van der Waals surface area contributed by atoms with E-state index in [4.69, 9.17) is 0 Å². The van der Waals surface area contributed by atoms with Crippen LogP contribution in [0.25, 0.3) is 0 Å². The number of esters is 1. The van der Waals surface area contributed by atoms with Gasteiger partial charge in [0.15, 0.2) is 0 Å². The van der Waals surface area contributed by atoms with E-state index in [1.54, 1.807) is 6.08 Å². The molecule has 0 rings (SSSR count). The third kappa shape index (κ3) is 5.00. The van der Waals surface area contributed by atoms with Gasteiger partial charge in [0.05, 0.1) is 7.11 Å². The molecule has 0 bridgehead atoms. The molecule has 4 heteroatoms. The molecule has 0 aliphatic heterocycles. The molecule has 0 saturated heterocycles. The predicted octanol–water partition coefficient (Wildman–Crippen LogP) is 0.630. The molecule has 0 aromatic heterocycles. The largest absolute Gasteiger partial charge is 0.467 e. The van der Waals surface area contributed by atoms with Gasteiger partial charge in [-0.1, -0.05) is 12.2 Å². The van der Waals surface area contributed by atoms with Crippen LogP contribution in [0.15, 0.2) is 12.2 Å². The Kier molecular flexibility index (Phi) is 5.59. The Morgan fingerprint density at radius 2 is 2.15 bits per heavy atom. The summed E-state index contributed by atoms with van der Waals surface area (Å²) in [5.74, 6) is -0.659. The molecule has 0 aliphatic rings. The normalized spacial score (nSPS) is 12.5. The molecule has 1 N–H and O–H groups in total. The number of ether oxygens (including phenoxy) is 1. The average molecular weight is 185 g/mol. The summed E-state index contributed by atoms with van der Waals surface area (Å²) in [5.41, 5.74) is 0. The second-order valence-electron chi connectivity index (χ2n) is 2.58. The van der Waals surface area contributed by atoms with Crippen molar-refractivity contribution in [1.82, 2.24) is 5.32 Å². The molecule has 0 spiro atoms. The number of amides is 1. The first kappa shape index (κ1) is 11.7. The lowest BCUT2D eigenvalue weighted by Gasteiger charge is -2.12. The van der Waals surface area contributed by atoms with Gasteiger partial charge in [-0.2, -0.15) is 0 Å². The number of methoxy groups -OCH3 is 1. The van der Waals surface area contributed by atoms with E-state index in [-0.39, 0.29) is 5.91 Å². The van der Waals surface area contributed by atoms with Gasteiger partial charge in [-0.05, 0) is 13.3 Å². The third-order valence-corrected chi connectivity index (χ3v) is 1.47. The van der Waals surface area contributed by atoms with Crippen molar-refractivity contribution in [2.24, 2.45) is 0 Å². The van der Waals surface area contributed by atoms with E-state index >= 15 is 0 Å². The minimum Gasteiger partial charge on any atom is -0.467 e. The Bertz CT molecular complexity index is 211. The highest BCUT2D eigenvalue weighted by Crippen LogP contribution is 1.96. The van der Waals surface area contributed by atoms with Crippen LogP contribution in [0, 0.1) is 0 Å². The maximum atomic E-state index is 11.1. The summed E-state index contributed by atoms with van der Waals surface area (Å²) in [6.45, 7) is 3.22. The van der Waals surface area contributed by atoms with Crippen molar-refractivity contribution in [3.05, 3.63) is 12.2 Å². The molecule has 0 saturated carbocycles. The number of carbonyl (C=O) groups is 2. The summed E-state index contributed by atoms with van der Waals surface area (Å²) in [7, 11) is 1.30. The third-order valence-electron chi connectivity index (χ3n) is 1.47. The fourth-order valence-electron chi connectivity index (χ4n) is 0.874. The number of carbonyl (C=O) groups excluding carboxylic acids is 2. The molecular weight excluding hydrogens is 170 g/mol. The SMILES string of the molecule is C/C=C\C[C@H](NC(C)=O)C(=O)OC. The number of rotatable bonds is 4. The van der Waals surface area contributed by atoms with Crippen LogP contribution in [0.5, 0.6) is 0 Å². The van der Waals surface area contributed by atoms with Crippen molar-refractivity contribution in [3.8, 4) is 0 Å². The second-order valence-corrected chi connectivity index (χ2v) is 2.58. The Hall–Kier alpha value is -1.32. The summed E-state index contributed by atoms with van der Waals surface area (Å²) >= 11 is 0. The Morgan fingerprint density at radius 1 is 1.54 bits per heavy atom. The first-order valence-electron chi connectivity index (χ1n) is 4.08. The van der Waals surface area contributed by atoms with Crippen molar-refractivity contribution < 1.29 is 14.3 Å².